The van der Waals surface area contributed by atoms with Crippen molar-refractivity contribution in [1.29, 1.82) is 0 Å². The standard InChI is InChI=1S/C18H24N4O6S3/c1-5-14(16(24)19-17-20-21-18(30-17)29-11-15(23)27-3)22(31(4,25)26)12-7-9-13(10-8-12)28-6-2/h7-10,14H,5-6,11H2,1-4H3,(H,19,20,24). The lowest BCUT2D eigenvalue weighted by atomic mass is 10.2. The number of hydrogen-bond acceptors (Lipinski definition) is 10. The van der Waals surface area contributed by atoms with Gasteiger partial charge in [0.25, 0.3) is 0 Å². The van der Waals surface area contributed by atoms with Gasteiger partial charge in [-0.05, 0) is 37.6 Å². The van der Waals surface area contributed by atoms with Crippen molar-refractivity contribution in [3.8, 4) is 5.75 Å². The first-order chi connectivity index (χ1) is 14.7. The molecule has 0 saturated carbocycles. The second-order valence-electron chi connectivity index (χ2n) is 6.14. The van der Waals surface area contributed by atoms with E-state index in [1.807, 2.05) is 6.92 Å². The third-order valence-corrected chi connectivity index (χ3v) is 7.04. The second kappa shape index (κ2) is 11.3. The summed E-state index contributed by atoms with van der Waals surface area (Å²) >= 11 is 2.21. The molecular weight excluding hydrogens is 464 g/mol. The van der Waals surface area contributed by atoms with Crippen LogP contribution in [0.2, 0.25) is 0 Å². The predicted octanol–water partition coefficient (Wildman–Crippen LogP) is 2.39. The Hall–Kier alpha value is -2.38. The van der Waals surface area contributed by atoms with Crippen molar-refractivity contribution in [2.24, 2.45) is 0 Å². The van der Waals surface area contributed by atoms with Gasteiger partial charge in [-0.15, -0.1) is 10.2 Å². The molecule has 2 aromatic rings. The van der Waals surface area contributed by atoms with Crippen LogP contribution < -0.4 is 14.4 Å². The molecule has 10 nitrogen and oxygen atoms in total. The summed E-state index contributed by atoms with van der Waals surface area (Å²) in [5.41, 5.74) is 0.347. The van der Waals surface area contributed by atoms with Crippen molar-refractivity contribution >= 4 is 55.8 Å². The monoisotopic (exact) mass is 488 g/mol. The van der Waals surface area contributed by atoms with Gasteiger partial charge in [-0.2, -0.15) is 0 Å². The second-order valence-corrected chi connectivity index (χ2v) is 10.2. The molecule has 0 aliphatic carbocycles. The van der Waals surface area contributed by atoms with Crippen LogP contribution in [0.25, 0.3) is 0 Å². The molecule has 1 N–H and O–H groups in total. The van der Waals surface area contributed by atoms with Gasteiger partial charge in [-0.1, -0.05) is 30.0 Å². The third kappa shape index (κ3) is 7.08. The molecule has 13 heteroatoms. The fourth-order valence-corrected chi connectivity index (χ4v) is 5.40. The van der Waals surface area contributed by atoms with E-state index in [-0.39, 0.29) is 17.3 Å². The normalized spacial score (nSPS) is 12.1. The van der Waals surface area contributed by atoms with Gasteiger partial charge in [0.2, 0.25) is 21.1 Å². The van der Waals surface area contributed by atoms with E-state index in [2.05, 4.69) is 20.3 Å². The first-order valence-corrected chi connectivity index (χ1v) is 12.9. The lowest BCUT2D eigenvalue weighted by Gasteiger charge is -2.29. The molecule has 1 atom stereocenters. The van der Waals surface area contributed by atoms with Crippen LogP contribution in [0.15, 0.2) is 28.6 Å². The average molecular weight is 489 g/mol. The number of hydrogen-bond donors (Lipinski definition) is 1. The lowest BCUT2D eigenvalue weighted by molar-refractivity contribution is -0.137. The Morgan fingerprint density at radius 2 is 1.90 bits per heavy atom. The average Bonchev–Trinajstić information content (AvgIpc) is 3.17. The highest BCUT2D eigenvalue weighted by molar-refractivity contribution is 8.01. The van der Waals surface area contributed by atoms with Crippen molar-refractivity contribution in [2.75, 3.05) is 35.3 Å². The zero-order valence-corrected chi connectivity index (χ0v) is 20.0. The molecule has 0 bridgehead atoms. The number of thioether (sulfide) groups is 1. The summed E-state index contributed by atoms with van der Waals surface area (Å²) in [5.74, 6) is -0.280. The van der Waals surface area contributed by atoms with Crippen LogP contribution in [0.3, 0.4) is 0 Å². The van der Waals surface area contributed by atoms with Gasteiger partial charge in [-0.25, -0.2) is 8.42 Å². The number of nitrogens with zero attached hydrogens (tertiary/aromatic N) is 3. The van der Waals surface area contributed by atoms with Crippen LogP contribution in [0.5, 0.6) is 5.75 Å². The molecule has 1 heterocycles. The SMILES string of the molecule is CCOc1ccc(N(C(CC)C(=O)Nc2nnc(SCC(=O)OC)s2)S(C)(=O)=O)cc1. The molecule has 2 rings (SSSR count). The van der Waals surface area contributed by atoms with E-state index >= 15 is 0 Å². The molecule has 0 radical (unpaired) electrons. The van der Waals surface area contributed by atoms with Crippen LogP contribution in [-0.4, -0.2) is 62.3 Å². The van der Waals surface area contributed by atoms with E-state index in [4.69, 9.17) is 4.74 Å². The zero-order chi connectivity index (χ0) is 23.0. The molecular formula is C18H24N4O6S3. The van der Waals surface area contributed by atoms with Gasteiger partial charge in [0.15, 0.2) is 4.34 Å². The molecule has 170 valence electrons. The number of carbonyl (C=O) groups is 2. The molecule has 0 saturated heterocycles. The van der Waals surface area contributed by atoms with Crippen LogP contribution in [-0.2, 0) is 24.3 Å². The van der Waals surface area contributed by atoms with Crippen molar-refractivity contribution < 1.29 is 27.5 Å². The lowest BCUT2D eigenvalue weighted by Crippen LogP contribution is -2.47. The smallest absolute Gasteiger partial charge is 0.316 e. The van der Waals surface area contributed by atoms with Gasteiger partial charge >= 0.3 is 5.97 Å². The Balaban J connectivity index is 2.19. The highest BCUT2D eigenvalue weighted by atomic mass is 32.2. The first kappa shape index (κ1) is 24.9. The molecule has 31 heavy (non-hydrogen) atoms. The summed E-state index contributed by atoms with van der Waals surface area (Å²) in [4.78, 5) is 24.1. The van der Waals surface area contributed by atoms with Gasteiger partial charge < -0.3 is 9.47 Å². The molecule has 0 fully saturated rings. The predicted molar refractivity (Wildman–Crippen MR) is 120 cm³/mol. The molecule has 0 spiro atoms. The molecule has 0 aliphatic rings. The van der Waals surface area contributed by atoms with Crippen molar-refractivity contribution in [2.45, 2.75) is 30.6 Å². The number of rotatable bonds is 11. The Morgan fingerprint density at radius 3 is 2.45 bits per heavy atom. The van der Waals surface area contributed by atoms with E-state index in [1.54, 1.807) is 31.2 Å². The number of aromatic nitrogens is 2. The van der Waals surface area contributed by atoms with E-state index in [9.17, 15) is 18.0 Å². The zero-order valence-electron chi connectivity index (χ0n) is 17.5. The van der Waals surface area contributed by atoms with E-state index in [0.29, 0.717) is 22.4 Å². The maximum atomic E-state index is 12.9. The van der Waals surface area contributed by atoms with Gasteiger partial charge in [-0.3, -0.25) is 19.2 Å². The fraction of sp³-hybridized carbons (Fsp3) is 0.444. The fourth-order valence-electron chi connectivity index (χ4n) is 2.60. The van der Waals surface area contributed by atoms with Crippen LogP contribution in [0, 0.1) is 0 Å². The number of sulfonamides is 1. The van der Waals surface area contributed by atoms with Gasteiger partial charge in [0, 0.05) is 0 Å². The van der Waals surface area contributed by atoms with Gasteiger partial charge in [0.1, 0.15) is 11.8 Å². The Bertz CT molecular complexity index is 994. The Kier molecular flexibility index (Phi) is 9.07. The number of amides is 1. The maximum absolute atomic E-state index is 12.9. The minimum atomic E-state index is -3.76. The number of methoxy groups -OCH3 is 1. The van der Waals surface area contributed by atoms with Crippen LogP contribution >= 0.6 is 23.1 Å². The number of nitrogens with one attached hydrogen (secondary N) is 1. The summed E-state index contributed by atoms with van der Waals surface area (Å²) in [7, 11) is -2.47. The minimum absolute atomic E-state index is 0.0657. The highest BCUT2D eigenvalue weighted by Gasteiger charge is 2.32. The third-order valence-electron chi connectivity index (χ3n) is 3.91. The molecule has 0 aliphatic heterocycles. The molecule has 1 aromatic heterocycles. The van der Waals surface area contributed by atoms with Crippen LogP contribution in [0.1, 0.15) is 20.3 Å². The largest absolute Gasteiger partial charge is 0.494 e. The summed E-state index contributed by atoms with van der Waals surface area (Å²) < 4.78 is 36.6. The number of esters is 1. The van der Waals surface area contributed by atoms with Crippen LogP contribution in [0.4, 0.5) is 10.8 Å². The topological polar surface area (TPSA) is 128 Å². The van der Waals surface area contributed by atoms with Crippen molar-refractivity contribution in [1.82, 2.24) is 10.2 Å². The summed E-state index contributed by atoms with van der Waals surface area (Å²) in [6, 6.07) is 5.49. The number of anilines is 2. The summed E-state index contributed by atoms with van der Waals surface area (Å²) in [5, 5.41) is 10.6. The number of benzene rings is 1. The quantitative estimate of drug-likeness (QED) is 0.288. The van der Waals surface area contributed by atoms with Gasteiger partial charge in [0.05, 0.1) is 31.4 Å². The number of ether oxygens (including phenoxy) is 2. The summed E-state index contributed by atoms with van der Waals surface area (Å²) in [6.45, 7) is 4.05. The Morgan fingerprint density at radius 1 is 1.23 bits per heavy atom. The molecule has 1 aromatic carbocycles. The van der Waals surface area contributed by atoms with Crippen molar-refractivity contribution in [3.05, 3.63) is 24.3 Å². The van der Waals surface area contributed by atoms with E-state index in [1.165, 1.54) is 7.11 Å². The summed E-state index contributed by atoms with van der Waals surface area (Å²) in [6.07, 6.45) is 1.28. The highest BCUT2D eigenvalue weighted by Crippen LogP contribution is 2.28. The maximum Gasteiger partial charge on any atom is 0.316 e. The van der Waals surface area contributed by atoms with Crippen molar-refractivity contribution in [3.63, 3.8) is 0 Å². The first-order valence-electron chi connectivity index (χ1n) is 9.25. The molecule has 1 unspecified atom stereocenters. The van der Waals surface area contributed by atoms with E-state index in [0.717, 1.165) is 33.7 Å². The van der Waals surface area contributed by atoms with E-state index < -0.39 is 27.9 Å². The minimum Gasteiger partial charge on any atom is -0.494 e. The Labute approximate surface area is 189 Å². The number of carbonyl (C=O) groups excluding carboxylic acids is 2. The molecule has 1 amide bonds.